The molecule has 0 amide bonds. The van der Waals surface area contributed by atoms with Gasteiger partial charge < -0.3 is 5.11 Å². The minimum absolute atomic E-state index is 0.189. The zero-order valence-electron chi connectivity index (χ0n) is 5.93. The average molecular weight is 163 g/mol. The van der Waals surface area contributed by atoms with Crippen LogP contribution in [0.25, 0.3) is 0 Å². The highest BCUT2D eigenvalue weighted by molar-refractivity contribution is 6.19. The Kier molecular flexibility index (Phi) is 5.03. The Labute approximate surface area is 65.5 Å². The SMILES string of the molecule is C/C(=C\CCC(=O)O)CCl. The Bertz CT molecular complexity index is 141. The van der Waals surface area contributed by atoms with Crippen LogP contribution >= 0.6 is 11.6 Å². The second kappa shape index (κ2) is 5.30. The van der Waals surface area contributed by atoms with E-state index in [1.807, 2.05) is 13.0 Å². The number of carboxylic acids is 1. The lowest BCUT2D eigenvalue weighted by Crippen LogP contribution is -1.92. The van der Waals surface area contributed by atoms with Gasteiger partial charge in [0.15, 0.2) is 0 Å². The van der Waals surface area contributed by atoms with Gasteiger partial charge in [0.2, 0.25) is 0 Å². The first-order valence-electron chi connectivity index (χ1n) is 3.10. The maximum absolute atomic E-state index is 10.0. The first kappa shape index (κ1) is 9.50. The van der Waals surface area contributed by atoms with Crippen molar-refractivity contribution in [3.63, 3.8) is 0 Å². The second-order valence-corrected chi connectivity index (χ2v) is 2.38. The summed E-state index contributed by atoms with van der Waals surface area (Å²) in [5.74, 6) is -0.279. The quantitative estimate of drug-likeness (QED) is 0.508. The molecular formula is C7H11ClO2. The van der Waals surface area contributed by atoms with Gasteiger partial charge in [-0.2, -0.15) is 0 Å². The third kappa shape index (κ3) is 5.63. The van der Waals surface area contributed by atoms with Gasteiger partial charge in [-0.15, -0.1) is 11.6 Å². The van der Waals surface area contributed by atoms with Crippen LogP contribution in [0.4, 0.5) is 0 Å². The summed E-state index contributed by atoms with van der Waals surface area (Å²) >= 11 is 5.45. The lowest BCUT2D eigenvalue weighted by atomic mass is 10.2. The van der Waals surface area contributed by atoms with Gasteiger partial charge in [-0.1, -0.05) is 11.6 Å². The molecule has 0 radical (unpaired) electrons. The van der Waals surface area contributed by atoms with Crippen molar-refractivity contribution in [1.29, 1.82) is 0 Å². The van der Waals surface area contributed by atoms with Crippen LogP contribution in [0.3, 0.4) is 0 Å². The summed E-state index contributed by atoms with van der Waals surface area (Å²) in [4.78, 5) is 10.0. The van der Waals surface area contributed by atoms with Crippen LogP contribution in [0.1, 0.15) is 19.8 Å². The van der Waals surface area contributed by atoms with Gasteiger partial charge in [-0.25, -0.2) is 0 Å². The highest BCUT2D eigenvalue weighted by atomic mass is 35.5. The number of hydrogen-bond acceptors (Lipinski definition) is 1. The van der Waals surface area contributed by atoms with Gasteiger partial charge in [0.25, 0.3) is 0 Å². The number of alkyl halides is 1. The van der Waals surface area contributed by atoms with E-state index in [1.54, 1.807) is 0 Å². The van der Waals surface area contributed by atoms with Crippen LogP contribution in [0, 0.1) is 0 Å². The van der Waals surface area contributed by atoms with Gasteiger partial charge in [0.1, 0.15) is 0 Å². The first-order chi connectivity index (χ1) is 4.66. The summed E-state index contributed by atoms with van der Waals surface area (Å²) in [5.41, 5.74) is 1.03. The van der Waals surface area contributed by atoms with Crippen molar-refractivity contribution in [2.45, 2.75) is 19.8 Å². The second-order valence-electron chi connectivity index (χ2n) is 2.12. The zero-order chi connectivity index (χ0) is 7.98. The average Bonchev–Trinajstić information content (AvgIpc) is 1.87. The number of halogens is 1. The number of aliphatic carboxylic acids is 1. The Morgan fingerprint density at radius 2 is 2.30 bits per heavy atom. The normalized spacial score (nSPS) is 11.6. The summed E-state index contributed by atoms with van der Waals surface area (Å²) in [7, 11) is 0. The molecule has 0 aromatic rings. The molecule has 3 heteroatoms. The van der Waals surface area contributed by atoms with Crippen molar-refractivity contribution in [3.8, 4) is 0 Å². The van der Waals surface area contributed by atoms with Crippen molar-refractivity contribution < 1.29 is 9.90 Å². The third-order valence-electron chi connectivity index (χ3n) is 1.06. The van der Waals surface area contributed by atoms with Crippen LogP contribution in [0.2, 0.25) is 0 Å². The number of hydrogen-bond donors (Lipinski definition) is 1. The molecule has 1 N–H and O–H groups in total. The van der Waals surface area contributed by atoms with Gasteiger partial charge in [-0.3, -0.25) is 4.79 Å². The zero-order valence-corrected chi connectivity index (χ0v) is 6.69. The van der Waals surface area contributed by atoms with Crippen molar-refractivity contribution in [1.82, 2.24) is 0 Å². The predicted octanol–water partition coefficient (Wildman–Crippen LogP) is 2.04. The van der Waals surface area contributed by atoms with E-state index in [4.69, 9.17) is 16.7 Å². The van der Waals surface area contributed by atoms with Gasteiger partial charge in [0, 0.05) is 12.3 Å². The molecule has 0 spiro atoms. The molecule has 0 aromatic carbocycles. The van der Waals surface area contributed by atoms with Crippen LogP contribution < -0.4 is 0 Å². The van der Waals surface area contributed by atoms with Crippen molar-refractivity contribution >= 4 is 17.6 Å². The van der Waals surface area contributed by atoms with E-state index >= 15 is 0 Å². The van der Waals surface area contributed by atoms with Crippen LogP contribution in [0.15, 0.2) is 11.6 Å². The van der Waals surface area contributed by atoms with Gasteiger partial charge >= 0.3 is 5.97 Å². The van der Waals surface area contributed by atoms with E-state index in [9.17, 15) is 4.79 Å². The largest absolute Gasteiger partial charge is 0.481 e. The first-order valence-corrected chi connectivity index (χ1v) is 3.63. The summed E-state index contributed by atoms with van der Waals surface area (Å²) in [5, 5.41) is 8.24. The van der Waals surface area contributed by atoms with Crippen molar-refractivity contribution in [2.75, 3.05) is 5.88 Å². The summed E-state index contributed by atoms with van der Waals surface area (Å²) in [6.07, 6.45) is 2.61. The molecule has 0 heterocycles. The molecule has 0 fully saturated rings. The molecule has 0 rings (SSSR count). The Hall–Kier alpha value is -0.500. The maximum Gasteiger partial charge on any atom is 0.303 e. The molecule has 58 valence electrons. The maximum atomic E-state index is 10.0. The lowest BCUT2D eigenvalue weighted by molar-refractivity contribution is -0.136. The number of carbonyl (C=O) groups is 1. The molecule has 0 atom stereocenters. The Morgan fingerprint density at radius 3 is 2.70 bits per heavy atom. The van der Waals surface area contributed by atoms with Gasteiger partial charge in [-0.05, 0) is 13.3 Å². The van der Waals surface area contributed by atoms with E-state index in [0.29, 0.717) is 12.3 Å². The molecule has 2 nitrogen and oxygen atoms in total. The lowest BCUT2D eigenvalue weighted by Gasteiger charge is -1.91. The molecule has 10 heavy (non-hydrogen) atoms. The summed E-state index contributed by atoms with van der Waals surface area (Å²) in [6, 6.07) is 0. The number of carboxylic acid groups (broad SMARTS) is 1. The molecule has 0 unspecified atom stereocenters. The van der Waals surface area contributed by atoms with Crippen molar-refractivity contribution in [2.24, 2.45) is 0 Å². The fourth-order valence-electron chi connectivity index (χ4n) is 0.497. The highest BCUT2D eigenvalue weighted by Gasteiger charge is 1.92. The number of rotatable bonds is 4. The molecule has 0 aliphatic rings. The van der Waals surface area contributed by atoms with E-state index in [0.717, 1.165) is 5.57 Å². The highest BCUT2D eigenvalue weighted by Crippen LogP contribution is 1.99. The molecule has 0 aliphatic heterocycles. The molecule has 0 aromatic heterocycles. The molecule has 0 aliphatic carbocycles. The minimum atomic E-state index is -0.765. The van der Waals surface area contributed by atoms with Gasteiger partial charge in [0.05, 0.1) is 0 Å². The van der Waals surface area contributed by atoms with E-state index in [1.165, 1.54) is 0 Å². The van der Waals surface area contributed by atoms with Crippen molar-refractivity contribution in [3.05, 3.63) is 11.6 Å². The number of allylic oxidation sites excluding steroid dienone is 2. The fraction of sp³-hybridized carbons (Fsp3) is 0.571. The summed E-state index contributed by atoms with van der Waals surface area (Å²) in [6.45, 7) is 1.88. The topological polar surface area (TPSA) is 37.3 Å². The van der Waals surface area contributed by atoms with E-state index < -0.39 is 5.97 Å². The van der Waals surface area contributed by atoms with Crippen LogP contribution in [-0.2, 0) is 4.79 Å². The van der Waals surface area contributed by atoms with Crippen LogP contribution in [0.5, 0.6) is 0 Å². The smallest absolute Gasteiger partial charge is 0.303 e. The molecule has 0 saturated heterocycles. The molecule has 0 bridgehead atoms. The minimum Gasteiger partial charge on any atom is -0.481 e. The monoisotopic (exact) mass is 162 g/mol. The summed E-state index contributed by atoms with van der Waals surface area (Å²) < 4.78 is 0. The Balaban J connectivity index is 3.43. The predicted molar refractivity (Wildman–Crippen MR) is 41.3 cm³/mol. The van der Waals surface area contributed by atoms with E-state index in [-0.39, 0.29) is 6.42 Å². The van der Waals surface area contributed by atoms with E-state index in [2.05, 4.69) is 0 Å². The van der Waals surface area contributed by atoms with Crippen LogP contribution in [-0.4, -0.2) is 17.0 Å². The Morgan fingerprint density at radius 1 is 1.70 bits per heavy atom. The standard InChI is InChI=1S/C7H11ClO2/c1-6(5-8)3-2-4-7(9)10/h3H,2,4-5H2,1H3,(H,9,10)/b6-3+. The molecule has 0 saturated carbocycles. The molecular weight excluding hydrogens is 152 g/mol. The fourth-order valence-corrected chi connectivity index (χ4v) is 0.606. The third-order valence-corrected chi connectivity index (χ3v) is 1.48.